The van der Waals surface area contributed by atoms with Crippen molar-refractivity contribution in [1.82, 2.24) is 0 Å². The highest BCUT2D eigenvalue weighted by atomic mass is 28.3. The molecular formula is C14H23FSi. The summed E-state index contributed by atoms with van der Waals surface area (Å²) in [5.74, 6) is -0.116. The van der Waals surface area contributed by atoms with Crippen LogP contribution in [0, 0.1) is 12.7 Å². The van der Waals surface area contributed by atoms with Crippen LogP contribution in [0.25, 0.3) is 0 Å². The Balaban J connectivity index is 2.71. The predicted molar refractivity (Wildman–Crippen MR) is 72.0 cm³/mol. The lowest BCUT2D eigenvalue weighted by molar-refractivity contribution is 0.626. The van der Waals surface area contributed by atoms with Crippen LogP contribution in [0.1, 0.15) is 30.9 Å². The Morgan fingerprint density at radius 2 is 1.94 bits per heavy atom. The van der Waals surface area contributed by atoms with Crippen LogP contribution in [0.5, 0.6) is 0 Å². The molecule has 2 heteroatoms. The van der Waals surface area contributed by atoms with E-state index in [1.165, 1.54) is 30.5 Å². The second-order valence-corrected chi connectivity index (χ2v) is 10.7. The van der Waals surface area contributed by atoms with E-state index in [4.69, 9.17) is 0 Å². The van der Waals surface area contributed by atoms with Crippen LogP contribution in [0.15, 0.2) is 18.2 Å². The van der Waals surface area contributed by atoms with Gasteiger partial charge in [0.05, 0.1) is 8.07 Å². The van der Waals surface area contributed by atoms with Gasteiger partial charge >= 0.3 is 0 Å². The van der Waals surface area contributed by atoms with Crippen molar-refractivity contribution in [2.24, 2.45) is 0 Å². The van der Waals surface area contributed by atoms with Gasteiger partial charge in [-0.2, -0.15) is 0 Å². The van der Waals surface area contributed by atoms with Gasteiger partial charge in [-0.1, -0.05) is 45.0 Å². The molecule has 0 aliphatic rings. The van der Waals surface area contributed by atoms with E-state index in [0.29, 0.717) is 0 Å². The first-order valence-electron chi connectivity index (χ1n) is 6.19. The number of hydrogen-bond donors (Lipinski definition) is 0. The average molecular weight is 238 g/mol. The largest absolute Gasteiger partial charge is 0.207 e. The monoisotopic (exact) mass is 238 g/mol. The maximum absolute atomic E-state index is 13.0. The van der Waals surface area contributed by atoms with Gasteiger partial charge < -0.3 is 0 Å². The molecule has 0 aliphatic heterocycles. The fourth-order valence-electron chi connectivity index (χ4n) is 2.12. The van der Waals surface area contributed by atoms with E-state index in [9.17, 15) is 4.39 Å². The third kappa shape index (κ3) is 4.09. The Morgan fingerprint density at radius 3 is 2.50 bits per heavy atom. The predicted octanol–water partition coefficient (Wildman–Crippen LogP) is 4.72. The van der Waals surface area contributed by atoms with Gasteiger partial charge in [0, 0.05) is 0 Å². The molecule has 90 valence electrons. The number of unbranched alkanes of at least 4 members (excludes halogenated alkanes) is 1. The Morgan fingerprint density at radius 1 is 1.25 bits per heavy atom. The molecule has 0 fully saturated rings. The summed E-state index contributed by atoms with van der Waals surface area (Å²) >= 11 is 0. The maximum atomic E-state index is 13.0. The lowest BCUT2D eigenvalue weighted by Crippen LogP contribution is -2.29. The average Bonchev–Trinajstić information content (AvgIpc) is 2.19. The molecule has 0 atom stereocenters. The van der Waals surface area contributed by atoms with Crippen LogP contribution in [-0.4, -0.2) is 8.07 Å². The first-order chi connectivity index (χ1) is 7.44. The van der Waals surface area contributed by atoms with E-state index in [-0.39, 0.29) is 5.82 Å². The zero-order chi connectivity index (χ0) is 12.2. The van der Waals surface area contributed by atoms with Crippen molar-refractivity contribution < 1.29 is 4.39 Å². The molecule has 0 N–H and O–H groups in total. The molecule has 0 heterocycles. The third-order valence-corrected chi connectivity index (χ3v) is 6.23. The van der Waals surface area contributed by atoms with Crippen LogP contribution >= 0.6 is 0 Å². The summed E-state index contributed by atoms with van der Waals surface area (Å²) in [6.45, 7) is 9.13. The van der Waals surface area contributed by atoms with E-state index < -0.39 is 8.07 Å². The Kier molecular flexibility index (Phi) is 4.72. The summed E-state index contributed by atoms with van der Waals surface area (Å²) in [5, 5.41) is 0. The molecule has 0 radical (unpaired) electrons. The van der Waals surface area contributed by atoms with Crippen LogP contribution in [0.4, 0.5) is 4.39 Å². The number of hydrogen-bond acceptors (Lipinski definition) is 0. The number of aryl methyl sites for hydroxylation is 1. The lowest BCUT2D eigenvalue weighted by Gasteiger charge is -2.23. The van der Waals surface area contributed by atoms with Crippen LogP contribution in [0.3, 0.4) is 0 Å². The first kappa shape index (κ1) is 13.4. The molecule has 0 bridgehead atoms. The van der Waals surface area contributed by atoms with Crippen molar-refractivity contribution in [2.45, 2.75) is 51.9 Å². The fourth-order valence-corrected chi connectivity index (χ4v) is 5.03. The van der Waals surface area contributed by atoms with Gasteiger partial charge in [0.15, 0.2) is 0 Å². The smallest absolute Gasteiger partial charge is 0.123 e. The Labute approximate surface area is 99.9 Å². The molecule has 0 aliphatic carbocycles. The normalized spacial score (nSPS) is 11.8. The molecule has 0 unspecified atom stereocenters. The minimum absolute atomic E-state index is 0.116. The van der Waals surface area contributed by atoms with Crippen molar-refractivity contribution in [3.8, 4) is 0 Å². The summed E-state index contributed by atoms with van der Waals surface area (Å²) < 4.78 is 13.0. The van der Waals surface area contributed by atoms with E-state index in [0.717, 1.165) is 5.56 Å². The molecule has 0 nitrogen and oxygen atoms in total. The molecule has 1 aromatic rings. The fraction of sp³-hybridized carbons (Fsp3) is 0.571. The third-order valence-electron chi connectivity index (χ3n) is 3.18. The standard InChI is InChI=1S/C14H23FSi/c1-5-6-9-16(3,4)11-13-7-8-14(15)10-12(13)2/h7-8,10H,5-6,9,11H2,1-4H3. The van der Waals surface area contributed by atoms with E-state index in [2.05, 4.69) is 20.0 Å². The molecule has 0 spiro atoms. The quantitative estimate of drug-likeness (QED) is 0.651. The first-order valence-corrected chi connectivity index (χ1v) is 9.61. The van der Waals surface area contributed by atoms with Crippen LogP contribution in [-0.2, 0) is 6.04 Å². The van der Waals surface area contributed by atoms with Crippen molar-refractivity contribution in [1.29, 1.82) is 0 Å². The highest BCUT2D eigenvalue weighted by Crippen LogP contribution is 2.21. The van der Waals surface area contributed by atoms with Gasteiger partial charge in [-0.05, 0) is 36.2 Å². The van der Waals surface area contributed by atoms with Gasteiger partial charge in [0.25, 0.3) is 0 Å². The van der Waals surface area contributed by atoms with Crippen molar-refractivity contribution >= 4 is 8.07 Å². The Hall–Kier alpha value is -0.633. The van der Waals surface area contributed by atoms with Crippen LogP contribution < -0.4 is 0 Å². The second kappa shape index (κ2) is 5.62. The topological polar surface area (TPSA) is 0 Å². The maximum Gasteiger partial charge on any atom is 0.123 e. The Bertz CT molecular complexity index is 345. The molecule has 0 saturated heterocycles. The van der Waals surface area contributed by atoms with Crippen LogP contribution in [0.2, 0.25) is 19.1 Å². The van der Waals surface area contributed by atoms with Crippen molar-refractivity contribution in [3.63, 3.8) is 0 Å². The number of benzene rings is 1. The molecule has 0 aromatic heterocycles. The molecule has 0 saturated carbocycles. The van der Waals surface area contributed by atoms with Crippen molar-refractivity contribution in [3.05, 3.63) is 35.1 Å². The second-order valence-electron chi connectivity index (χ2n) is 5.52. The number of rotatable bonds is 5. The van der Waals surface area contributed by atoms with E-state index in [1.807, 2.05) is 13.0 Å². The minimum Gasteiger partial charge on any atom is -0.207 e. The lowest BCUT2D eigenvalue weighted by atomic mass is 10.1. The van der Waals surface area contributed by atoms with E-state index in [1.54, 1.807) is 12.1 Å². The minimum atomic E-state index is -1.14. The summed E-state index contributed by atoms with van der Waals surface area (Å²) in [6.07, 6.45) is 2.61. The summed E-state index contributed by atoms with van der Waals surface area (Å²) in [6, 6.07) is 7.76. The van der Waals surface area contributed by atoms with E-state index >= 15 is 0 Å². The molecule has 1 rings (SSSR count). The zero-order valence-corrected chi connectivity index (χ0v) is 11.9. The summed E-state index contributed by atoms with van der Waals surface area (Å²) in [4.78, 5) is 0. The number of halogens is 1. The molecule has 0 amide bonds. The van der Waals surface area contributed by atoms with Gasteiger partial charge in [-0.3, -0.25) is 0 Å². The van der Waals surface area contributed by atoms with Gasteiger partial charge in [-0.15, -0.1) is 0 Å². The van der Waals surface area contributed by atoms with Gasteiger partial charge in [-0.25, -0.2) is 4.39 Å². The highest BCUT2D eigenvalue weighted by molar-refractivity contribution is 6.76. The van der Waals surface area contributed by atoms with Crippen molar-refractivity contribution in [2.75, 3.05) is 0 Å². The van der Waals surface area contributed by atoms with Gasteiger partial charge in [0.1, 0.15) is 5.82 Å². The SMILES string of the molecule is CCCC[Si](C)(C)Cc1ccc(F)cc1C. The molecule has 16 heavy (non-hydrogen) atoms. The molecular weight excluding hydrogens is 215 g/mol. The van der Waals surface area contributed by atoms with Gasteiger partial charge in [0.2, 0.25) is 0 Å². The summed E-state index contributed by atoms with van der Waals surface area (Å²) in [7, 11) is -1.14. The zero-order valence-electron chi connectivity index (χ0n) is 10.9. The summed E-state index contributed by atoms with van der Waals surface area (Å²) in [5.41, 5.74) is 2.45. The molecule has 1 aromatic carbocycles. The highest BCUT2D eigenvalue weighted by Gasteiger charge is 2.21.